The summed E-state index contributed by atoms with van der Waals surface area (Å²) in [5.41, 5.74) is 1.47. The average Bonchev–Trinajstić information content (AvgIpc) is 3.46. The molecule has 1 unspecified atom stereocenters. The van der Waals surface area contributed by atoms with Crippen molar-refractivity contribution in [2.45, 2.75) is 25.3 Å². The average molecular weight is 400 g/mol. The Hall–Kier alpha value is -2.57. The monoisotopic (exact) mass is 399 g/mol. The Morgan fingerprint density at radius 2 is 2.00 bits per heavy atom. The number of hydrogen-bond acceptors (Lipinski definition) is 5. The molecule has 2 aromatic heterocycles. The molecule has 1 N–H and O–H groups in total. The van der Waals surface area contributed by atoms with Crippen molar-refractivity contribution >= 4 is 17.5 Å². The first-order chi connectivity index (χ1) is 13.7. The maximum Gasteiger partial charge on any atom is 0.226 e. The number of carbonyl (C=O) groups is 1. The number of nitrogens with one attached hydrogen (secondary N) is 1. The van der Waals surface area contributed by atoms with Gasteiger partial charge < -0.3 is 14.3 Å². The maximum absolute atomic E-state index is 12.4. The molecule has 6 nitrogen and oxygen atoms in total. The number of carbonyl (C=O) groups excluding carboxylic acids is 1. The zero-order valence-electron chi connectivity index (χ0n) is 15.4. The van der Waals surface area contributed by atoms with Crippen molar-refractivity contribution in [1.82, 2.24) is 15.4 Å². The lowest BCUT2D eigenvalue weighted by Crippen LogP contribution is -2.37. The molecule has 1 amide bonds. The lowest BCUT2D eigenvalue weighted by molar-refractivity contribution is -0.120. The summed E-state index contributed by atoms with van der Waals surface area (Å²) in [6.45, 7) is 2.55. The van der Waals surface area contributed by atoms with Gasteiger partial charge in [0.1, 0.15) is 5.76 Å². The highest BCUT2D eigenvalue weighted by Crippen LogP contribution is 2.25. The second kappa shape index (κ2) is 8.63. The van der Waals surface area contributed by atoms with Gasteiger partial charge in [-0.3, -0.25) is 9.69 Å². The van der Waals surface area contributed by atoms with Crippen LogP contribution in [-0.4, -0.2) is 35.6 Å². The molecular weight excluding hydrogens is 378 g/mol. The molecular formula is C21H22ClN3O3. The second-order valence-corrected chi connectivity index (χ2v) is 7.38. The standard InChI is InChI=1S/C21H22ClN3O3/c22-16-7-5-15(6-8-16)20-12-17(24-28-20)13-21(26)23-14-18(19-4-3-11-27-19)25-9-1-2-10-25/h3-8,11-12,18H,1-2,9-10,13-14H2,(H,23,26). The van der Waals surface area contributed by atoms with Gasteiger partial charge in [0.05, 0.1) is 24.4 Å². The summed E-state index contributed by atoms with van der Waals surface area (Å²) >= 11 is 5.91. The minimum Gasteiger partial charge on any atom is -0.468 e. The highest BCUT2D eigenvalue weighted by atomic mass is 35.5. The van der Waals surface area contributed by atoms with Gasteiger partial charge >= 0.3 is 0 Å². The third kappa shape index (κ3) is 4.46. The van der Waals surface area contributed by atoms with Crippen LogP contribution in [0.15, 0.2) is 57.7 Å². The van der Waals surface area contributed by atoms with E-state index < -0.39 is 0 Å². The minimum atomic E-state index is -0.0910. The Labute approximate surface area is 168 Å². The molecule has 0 saturated carbocycles. The minimum absolute atomic E-state index is 0.0587. The summed E-state index contributed by atoms with van der Waals surface area (Å²) in [5, 5.41) is 7.68. The van der Waals surface area contributed by atoms with Gasteiger partial charge in [0, 0.05) is 23.2 Å². The number of benzene rings is 1. The number of rotatable bonds is 7. The fourth-order valence-corrected chi connectivity index (χ4v) is 3.65. The molecule has 1 fully saturated rings. The summed E-state index contributed by atoms with van der Waals surface area (Å²) < 4.78 is 11.0. The van der Waals surface area contributed by atoms with Crippen molar-refractivity contribution in [2.75, 3.05) is 19.6 Å². The number of hydrogen-bond donors (Lipinski definition) is 1. The molecule has 0 aliphatic carbocycles. The molecule has 3 aromatic rings. The number of amides is 1. The predicted molar refractivity (Wildman–Crippen MR) is 106 cm³/mol. The van der Waals surface area contributed by atoms with Crippen molar-refractivity contribution in [1.29, 1.82) is 0 Å². The first kappa shape index (κ1) is 18.8. The molecule has 1 aliphatic rings. The highest BCUT2D eigenvalue weighted by molar-refractivity contribution is 6.30. The molecule has 28 heavy (non-hydrogen) atoms. The molecule has 0 radical (unpaired) electrons. The molecule has 1 aromatic carbocycles. The Balaban J connectivity index is 1.35. The van der Waals surface area contributed by atoms with E-state index in [1.54, 1.807) is 24.5 Å². The van der Waals surface area contributed by atoms with E-state index in [4.69, 9.17) is 20.5 Å². The molecule has 1 saturated heterocycles. The third-order valence-corrected chi connectivity index (χ3v) is 5.23. The van der Waals surface area contributed by atoms with Crippen molar-refractivity contribution in [3.63, 3.8) is 0 Å². The van der Waals surface area contributed by atoms with Crippen LogP contribution in [0.5, 0.6) is 0 Å². The van der Waals surface area contributed by atoms with Crippen LogP contribution in [0.4, 0.5) is 0 Å². The Kier molecular flexibility index (Phi) is 5.78. The van der Waals surface area contributed by atoms with Gasteiger partial charge in [-0.15, -0.1) is 0 Å². The second-order valence-electron chi connectivity index (χ2n) is 6.94. The van der Waals surface area contributed by atoms with Gasteiger partial charge in [-0.05, 0) is 62.3 Å². The van der Waals surface area contributed by atoms with Crippen LogP contribution in [0.25, 0.3) is 11.3 Å². The van der Waals surface area contributed by atoms with Crippen molar-refractivity contribution < 1.29 is 13.7 Å². The lowest BCUT2D eigenvalue weighted by atomic mass is 10.1. The van der Waals surface area contributed by atoms with Gasteiger partial charge in [0.15, 0.2) is 5.76 Å². The molecule has 0 spiro atoms. The molecule has 1 aliphatic heterocycles. The van der Waals surface area contributed by atoms with Crippen LogP contribution < -0.4 is 5.32 Å². The van der Waals surface area contributed by atoms with Gasteiger partial charge in [-0.1, -0.05) is 16.8 Å². The number of furan rings is 1. The van der Waals surface area contributed by atoms with Crippen LogP contribution in [-0.2, 0) is 11.2 Å². The van der Waals surface area contributed by atoms with E-state index in [0.717, 1.165) is 24.4 Å². The van der Waals surface area contributed by atoms with E-state index in [9.17, 15) is 4.79 Å². The van der Waals surface area contributed by atoms with E-state index in [2.05, 4.69) is 15.4 Å². The number of aromatic nitrogens is 1. The Morgan fingerprint density at radius 3 is 2.71 bits per heavy atom. The topological polar surface area (TPSA) is 71.5 Å². The first-order valence-corrected chi connectivity index (χ1v) is 9.82. The summed E-state index contributed by atoms with van der Waals surface area (Å²) in [5.74, 6) is 1.41. The van der Waals surface area contributed by atoms with E-state index in [1.807, 2.05) is 24.3 Å². The van der Waals surface area contributed by atoms with Crippen LogP contribution >= 0.6 is 11.6 Å². The first-order valence-electron chi connectivity index (χ1n) is 9.45. The third-order valence-electron chi connectivity index (χ3n) is 4.97. The number of halogens is 1. The van der Waals surface area contributed by atoms with Crippen molar-refractivity contribution in [3.05, 3.63) is 65.2 Å². The van der Waals surface area contributed by atoms with Gasteiger partial charge in [0.25, 0.3) is 0 Å². The van der Waals surface area contributed by atoms with Gasteiger partial charge in [-0.2, -0.15) is 0 Å². The fourth-order valence-electron chi connectivity index (χ4n) is 3.53. The largest absolute Gasteiger partial charge is 0.468 e. The zero-order chi connectivity index (χ0) is 19.3. The predicted octanol–water partition coefficient (Wildman–Crippen LogP) is 4.08. The quantitative estimate of drug-likeness (QED) is 0.648. The maximum atomic E-state index is 12.4. The zero-order valence-corrected chi connectivity index (χ0v) is 16.2. The summed E-state index contributed by atoms with van der Waals surface area (Å²) in [4.78, 5) is 14.8. The Morgan fingerprint density at radius 1 is 1.21 bits per heavy atom. The van der Waals surface area contributed by atoms with Crippen LogP contribution in [0.1, 0.15) is 30.3 Å². The summed E-state index contributed by atoms with van der Waals surface area (Å²) in [6.07, 6.45) is 4.20. The molecule has 146 valence electrons. The summed E-state index contributed by atoms with van der Waals surface area (Å²) in [7, 11) is 0. The van der Waals surface area contributed by atoms with Crippen molar-refractivity contribution in [3.8, 4) is 11.3 Å². The molecule has 7 heteroatoms. The SMILES string of the molecule is O=C(Cc1cc(-c2ccc(Cl)cc2)on1)NCC(c1ccco1)N1CCCC1. The lowest BCUT2D eigenvalue weighted by Gasteiger charge is -2.25. The van der Waals surface area contributed by atoms with Crippen molar-refractivity contribution in [2.24, 2.45) is 0 Å². The van der Waals surface area contributed by atoms with Crippen LogP contribution in [0.2, 0.25) is 5.02 Å². The molecule has 3 heterocycles. The molecule has 4 rings (SSSR count). The van der Waals surface area contributed by atoms with E-state index >= 15 is 0 Å². The number of nitrogens with zero attached hydrogens (tertiary/aromatic N) is 2. The normalized spacial score (nSPS) is 15.6. The summed E-state index contributed by atoms with van der Waals surface area (Å²) in [6, 6.07) is 13.0. The number of likely N-dealkylation sites (tertiary alicyclic amines) is 1. The molecule has 0 bridgehead atoms. The van der Waals surface area contributed by atoms with Crippen LogP contribution in [0, 0.1) is 0 Å². The highest BCUT2D eigenvalue weighted by Gasteiger charge is 2.26. The van der Waals surface area contributed by atoms with Crippen LogP contribution in [0.3, 0.4) is 0 Å². The van der Waals surface area contributed by atoms with Gasteiger partial charge in [0.2, 0.25) is 5.91 Å². The van der Waals surface area contributed by atoms with Gasteiger partial charge in [-0.25, -0.2) is 0 Å². The van der Waals surface area contributed by atoms with E-state index in [-0.39, 0.29) is 18.4 Å². The fraction of sp³-hybridized carbons (Fsp3) is 0.333. The molecule has 1 atom stereocenters. The Bertz CT molecular complexity index is 899. The van der Waals surface area contributed by atoms with E-state index in [1.165, 1.54) is 12.8 Å². The smallest absolute Gasteiger partial charge is 0.226 e. The van der Waals surface area contributed by atoms with E-state index in [0.29, 0.717) is 23.0 Å².